The number of hydrogen-bond donors (Lipinski definition) is 0. The number of ether oxygens (including phenoxy) is 1. The molecule has 1 amide bonds. The van der Waals surface area contributed by atoms with E-state index in [2.05, 4.69) is 30.3 Å². The molecule has 0 saturated heterocycles. The van der Waals surface area contributed by atoms with Gasteiger partial charge in [-0.05, 0) is 31.9 Å². The predicted octanol–water partition coefficient (Wildman–Crippen LogP) is 3.98. The minimum Gasteiger partial charge on any atom is -0.367 e. The van der Waals surface area contributed by atoms with E-state index >= 15 is 0 Å². The fourth-order valence-electron chi connectivity index (χ4n) is 2.58. The smallest absolute Gasteiger partial charge is 0.224 e. The largest absolute Gasteiger partial charge is 0.367 e. The Morgan fingerprint density at radius 3 is 2.62 bits per heavy atom. The molecule has 1 heterocycles. The summed E-state index contributed by atoms with van der Waals surface area (Å²) in [6.07, 6.45) is 3.15. The average molecular weight is 305 g/mol. The molecule has 1 aromatic rings. The van der Waals surface area contributed by atoms with Gasteiger partial charge in [-0.15, -0.1) is 0 Å². The standard InChI is InChI=1S/C17H23NO2S/c1-4-18(13(3)19)16-11-15(12-17(21-16)20-5-2)14-9-7-6-8-10-14/h6-11,15,17H,4-5,12H2,1-3H3/t15-,17+/m1/s1. The highest BCUT2D eigenvalue weighted by atomic mass is 32.2. The van der Waals surface area contributed by atoms with Crippen LogP contribution in [0.25, 0.3) is 0 Å². The minimum atomic E-state index is 0.0835. The van der Waals surface area contributed by atoms with Crippen LogP contribution in [0.2, 0.25) is 0 Å². The first-order valence-corrected chi connectivity index (χ1v) is 8.36. The van der Waals surface area contributed by atoms with E-state index in [1.165, 1.54) is 5.56 Å². The number of carbonyl (C=O) groups excluding carboxylic acids is 1. The second-order valence-electron chi connectivity index (χ2n) is 5.02. The van der Waals surface area contributed by atoms with Crippen molar-refractivity contribution < 1.29 is 9.53 Å². The molecule has 2 atom stereocenters. The zero-order valence-corrected chi connectivity index (χ0v) is 13.7. The van der Waals surface area contributed by atoms with Crippen LogP contribution in [0.5, 0.6) is 0 Å². The summed E-state index contributed by atoms with van der Waals surface area (Å²) in [5, 5.41) is 1.02. The van der Waals surface area contributed by atoms with Gasteiger partial charge in [0.25, 0.3) is 0 Å². The molecule has 114 valence electrons. The Bertz CT molecular complexity index is 501. The molecule has 3 nitrogen and oxygen atoms in total. The molecule has 0 aliphatic carbocycles. The molecule has 4 heteroatoms. The van der Waals surface area contributed by atoms with E-state index in [-0.39, 0.29) is 11.3 Å². The molecule has 0 bridgehead atoms. The van der Waals surface area contributed by atoms with Crippen LogP contribution in [0.4, 0.5) is 0 Å². The second kappa shape index (κ2) is 7.66. The zero-order valence-electron chi connectivity index (χ0n) is 12.9. The number of nitrogens with zero attached hydrogens (tertiary/aromatic N) is 1. The van der Waals surface area contributed by atoms with Gasteiger partial charge in [-0.2, -0.15) is 0 Å². The molecule has 1 aromatic carbocycles. The van der Waals surface area contributed by atoms with Crippen molar-refractivity contribution in [2.24, 2.45) is 0 Å². The summed E-state index contributed by atoms with van der Waals surface area (Å²) in [5.41, 5.74) is 1.38. The van der Waals surface area contributed by atoms with Crippen LogP contribution in [-0.4, -0.2) is 29.4 Å². The first kappa shape index (κ1) is 16.1. The van der Waals surface area contributed by atoms with Crippen LogP contribution >= 0.6 is 11.8 Å². The number of hydrogen-bond acceptors (Lipinski definition) is 3. The molecular weight excluding hydrogens is 282 g/mol. The third-order valence-corrected chi connectivity index (χ3v) is 4.77. The van der Waals surface area contributed by atoms with Crippen LogP contribution in [0.1, 0.15) is 38.7 Å². The van der Waals surface area contributed by atoms with Crippen molar-refractivity contribution >= 4 is 17.7 Å². The zero-order chi connectivity index (χ0) is 15.2. The molecule has 0 radical (unpaired) electrons. The SMILES string of the molecule is CCO[C@@H]1C[C@H](c2ccccc2)C=C(N(CC)C(C)=O)S1. The second-order valence-corrected chi connectivity index (χ2v) is 6.20. The van der Waals surface area contributed by atoms with E-state index < -0.39 is 0 Å². The van der Waals surface area contributed by atoms with Crippen LogP contribution < -0.4 is 0 Å². The highest BCUT2D eigenvalue weighted by Crippen LogP contribution is 2.40. The fraction of sp³-hybridized carbons (Fsp3) is 0.471. The highest BCUT2D eigenvalue weighted by molar-refractivity contribution is 8.03. The summed E-state index contributed by atoms with van der Waals surface area (Å²) in [7, 11) is 0. The van der Waals surface area contributed by atoms with Crippen LogP contribution in [0.15, 0.2) is 41.4 Å². The maximum absolute atomic E-state index is 11.8. The van der Waals surface area contributed by atoms with Gasteiger partial charge >= 0.3 is 0 Å². The molecule has 1 aliphatic heterocycles. The Hall–Kier alpha value is -1.26. The third-order valence-electron chi connectivity index (χ3n) is 3.58. The number of carbonyl (C=O) groups is 1. The lowest BCUT2D eigenvalue weighted by Crippen LogP contribution is -2.30. The van der Waals surface area contributed by atoms with E-state index in [1.54, 1.807) is 18.7 Å². The molecule has 0 aromatic heterocycles. The van der Waals surface area contributed by atoms with Gasteiger partial charge in [0.05, 0.1) is 5.03 Å². The first-order valence-electron chi connectivity index (χ1n) is 7.48. The molecule has 0 unspecified atom stereocenters. The van der Waals surface area contributed by atoms with Crippen molar-refractivity contribution in [1.82, 2.24) is 4.90 Å². The van der Waals surface area contributed by atoms with Crippen molar-refractivity contribution in [2.45, 2.75) is 38.5 Å². The Balaban J connectivity index is 2.29. The maximum atomic E-state index is 11.8. The number of amides is 1. The monoisotopic (exact) mass is 305 g/mol. The Morgan fingerprint density at radius 2 is 2.05 bits per heavy atom. The normalized spacial score (nSPS) is 21.8. The molecule has 0 fully saturated rings. The van der Waals surface area contributed by atoms with E-state index in [0.717, 1.165) is 11.4 Å². The summed E-state index contributed by atoms with van der Waals surface area (Å²) in [4.78, 5) is 13.6. The fourth-order valence-corrected chi connectivity index (χ4v) is 3.98. The van der Waals surface area contributed by atoms with Crippen LogP contribution in [0.3, 0.4) is 0 Å². The Labute approximate surface area is 131 Å². The molecule has 21 heavy (non-hydrogen) atoms. The quantitative estimate of drug-likeness (QED) is 0.824. The van der Waals surface area contributed by atoms with Gasteiger partial charge in [0.1, 0.15) is 5.44 Å². The van der Waals surface area contributed by atoms with Gasteiger partial charge in [0, 0.05) is 26.0 Å². The average Bonchev–Trinajstić information content (AvgIpc) is 2.48. The van der Waals surface area contributed by atoms with Crippen LogP contribution in [-0.2, 0) is 9.53 Å². The summed E-state index contributed by atoms with van der Waals surface area (Å²) in [5.74, 6) is 0.382. The van der Waals surface area contributed by atoms with Crippen molar-refractivity contribution in [1.29, 1.82) is 0 Å². The Morgan fingerprint density at radius 1 is 1.33 bits per heavy atom. The van der Waals surface area contributed by atoms with E-state index in [9.17, 15) is 4.79 Å². The van der Waals surface area contributed by atoms with Crippen molar-refractivity contribution in [2.75, 3.05) is 13.2 Å². The molecule has 2 rings (SSSR count). The summed E-state index contributed by atoms with van der Waals surface area (Å²) in [6.45, 7) is 7.02. The van der Waals surface area contributed by atoms with Crippen LogP contribution in [0, 0.1) is 0 Å². The lowest BCUT2D eigenvalue weighted by atomic mass is 9.95. The van der Waals surface area contributed by atoms with Crippen molar-refractivity contribution in [3.8, 4) is 0 Å². The lowest BCUT2D eigenvalue weighted by Gasteiger charge is -2.32. The van der Waals surface area contributed by atoms with Gasteiger partial charge in [0.15, 0.2) is 0 Å². The number of thioether (sulfide) groups is 1. The number of benzene rings is 1. The lowest BCUT2D eigenvalue weighted by molar-refractivity contribution is -0.126. The van der Waals surface area contributed by atoms with E-state index in [1.807, 2.05) is 24.8 Å². The highest BCUT2D eigenvalue weighted by Gasteiger charge is 2.28. The predicted molar refractivity (Wildman–Crippen MR) is 87.9 cm³/mol. The number of rotatable bonds is 5. The van der Waals surface area contributed by atoms with Gasteiger partial charge < -0.3 is 9.64 Å². The van der Waals surface area contributed by atoms with Gasteiger partial charge in [-0.1, -0.05) is 42.1 Å². The maximum Gasteiger partial charge on any atom is 0.224 e. The van der Waals surface area contributed by atoms with E-state index in [0.29, 0.717) is 19.1 Å². The molecule has 0 spiro atoms. The minimum absolute atomic E-state index is 0.0835. The van der Waals surface area contributed by atoms with Gasteiger partial charge in [0.2, 0.25) is 5.91 Å². The van der Waals surface area contributed by atoms with Gasteiger partial charge in [-0.25, -0.2) is 0 Å². The van der Waals surface area contributed by atoms with E-state index in [4.69, 9.17) is 4.74 Å². The topological polar surface area (TPSA) is 29.5 Å². The molecule has 0 saturated carbocycles. The summed E-state index contributed by atoms with van der Waals surface area (Å²) < 4.78 is 5.82. The Kier molecular flexibility index (Phi) is 5.88. The molecule has 1 aliphatic rings. The van der Waals surface area contributed by atoms with Crippen molar-refractivity contribution in [3.05, 3.63) is 47.0 Å². The first-order chi connectivity index (χ1) is 10.2. The third kappa shape index (κ3) is 4.11. The molecule has 0 N–H and O–H groups in total. The number of allylic oxidation sites excluding steroid dienone is 1. The summed E-state index contributed by atoms with van der Waals surface area (Å²) >= 11 is 1.66. The van der Waals surface area contributed by atoms with Gasteiger partial charge in [-0.3, -0.25) is 4.79 Å². The summed E-state index contributed by atoms with van der Waals surface area (Å²) in [6, 6.07) is 10.4. The van der Waals surface area contributed by atoms with Crippen molar-refractivity contribution in [3.63, 3.8) is 0 Å². The molecular formula is C17H23NO2S.